The van der Waals surface area contributed by atoms with Gasteiger partial charge in [-0.05, 0) is 12.1 Å². The summed E-state index contributed by atoms with van der Waals surface area (Å²) in [5, 5.41) is 13.0. The van der Waals surface area contributed by atoms with E-state index in [1.165, 1.54) is 12.4 Å². The Kier molecular flexibility index (Phi) is 3.26. The van der Waals surface area contributed by atoms with Crippen LogP contribution in [0, 0.1) is 0 Å². The van der Waals surface area contributed by atoms with Gasteiger partial charge in [0.05, 0.1) is 6.20 Å². The predicted octanol–water partition coefficient (Wildman–Crippen LogP) is 1.10. The summed E-state index contributed by atoms with van der Waals surface area (Å²) in [6, 6.07) is 7.21. The van der Waals surface area contributed by atoms with Crippen molar-refractivity contribution in [1.82, 2.24) is 25.4 Å². The van der Waals surface area contributed by atoms with Gasteiger partial charge in [-0.25, -0.2) is 9.97 Å². The molecular formula is C13H11N7O. The van der Waals surface area contributed by atoms with Crippen LogP contribution in [-0.2, 0) is 0 Å². The van der Waals surface area contributed by atoms with Crippen LogP contribution in [0.2, 0.25) is 0 Å². The van der Waals surface area contributed by atoms with Gasteiger partial charge in [-0.1, -0.05) is 12.1 Å². The molecule has 2 heterocycles. The summed E-state index contributed by atoms with van der Waals surface area (Å²) in [4.78, 5) is 19.9. The molecular weight excluding hydrogens is 270 g/mol. The number of nitrogens with two attached hydrogens (primary N) is 1. The average Bonchev–Trinajstić information content (AvgIpc) is 3.02. The molecule has 104 valence electrons. The Morgan fingerprint density at radius 2 is 2.10 bits per heavy atom. The van der Waals surface area contributed by atoms with Crippen molar-refractivity contribution in [3.8, 4) is 11.3 Å². The second kappa shape index (κ2) is 5.37. The van der Waals surface area contributed by atoms with Crippen LogP contribution < -0.4 is 11.1 Å². The van der Waals surface area contributed by atoms with Crippen LogP contribution in [0.4, 0.5) is 11.5 Å². The number of H-pyrrole nitrogens is 1. The minimum atomic E-state index is -0.419. The number of anilines is 2. The average molecular weight is 281 g/mol. The minimum Gasteiger partial charge on any atom is -0.382 e. The first-order valence-corrected chi connectivity index (χ1v) is 6.08. The number of nitrogens with zero attached hydrogens (tertiary/aromatic N) is 4. The van der Waals surface area contributed by atoms with Gasteiger partial charge in [-0.3, -0.25) is 4.79 Å². The summed E-state index contributed by atoms with van der Waals surface area (Å²) in [6.45, 7) is 0. The first-order chi connectivity index (χ1) is 10.2. The Hall–Kier alpha value is -3.29. The summed E-state index contributed by atoms with van der Waals surface area (Å²) in [5.41, 5.74) is 7.83. The highest BCUT2D eigenvalue weighted by Gasteiger charge is 2.12. The molecule has 0 fully saturated rings. The topological polar surface area (TPSA) is 122 Å². The normalized spacial score (nSPS) is 10.3. The highest BCUT2D eigenvalue weighted by atomic mass is 16.1. The fourth-order valence-electron chi connectivity index (χ4n) is 1.81. The zero-order valence-corrected chi connectivity index (χ0v) is 10.8. The number of aromatic amines is 1. The van der Waals surface area contributed by atoms with Gasteiger partial charge in [-0.2, -0.15) is 15.4 Å². The van der Waals surface area contributed by atoms with E-state index in [0.29, 0.717) is 11.4 Å². The molecule has 0 aliphatic rings. The van der Waals surface area contributed by atoms with Crippen LogP contribution in [0.5, 0.6) is 0 Å². The molecule has 1 amide bonds. The minimum absolute atomic E-state index is 0.0858. The molecule has 0 bridgehead atoms. The molecule has 1 aromatic carbocycles. The molecule has 8 nitrogen and oxygen atoms in total. The van der Waals surface area contributed by atoms with E-state index in [0.717, 1.165) is 5.56 Å². The van der Waals surface area contributed by atoms with E-state index in [4.69, 9.17) is 5.73 Å². The third-order valence-electron chi connectivity index (χ3n) is 2.77. The number of rotatable bonds is 3. The van der Waals surface area contributed by atoms with Crippen molar-refractivity contribution < 1.29 is 4.79 Å². The summed E-state index contributed by atoms with van der Waals surface area (Å²) in [6.07, 6.45) is 4.44. The fraction of sp³-hybridized carbons (Fsp3) is 0. The van der Waals surface area contributed by atoms with Crippen LogP contribution in [-0.4, -0.2) is 31.3 Å². The third kappa shape index (κ3) is 2.68. The van der Waals surface area contributed by atoms with Crippen LogP contribution >= 0.6 is 0 Å². The van der Waals surface area contributed by atoms with Gasteiger partial charge in [0.1, 0.15) is 5.69 Å². The maximum Gasteiger partial charge on any atom is 0.278 e. The molecule has 0 saturated carbocycles. The standard InChI is InChI=1S/C13H11N7O/c14-12-11(15-4-5-16-12)13(21)18-9-3-1-2-8(6-9)10-7-17-20-19-10/h1-7H,(H2,14,16)(H,18,21)(H,17,19,20). The Morgan fingerprint density at radius 3 is 2.86 bits per heavy atom. The quantitative estimate of drug-likeness (QED) is 0.660. The molecule has 0 radical (unpaired) electrons. The van der Waals surface area contributed by atoms with Gasteiger partial charge in [-0.15, -0.1) is 0 Å². The number of hydrogen-bond donors (Lipinski definition) is 3. The van der Waals surface area contributed by atoms with E-state index in [1.54, 1.807) is 24.4 Å². The maximum absolute atomic E-state index is 12.1. The van der Waals surface area contributed by atoms with Gasteiger partial charge >= 0.3 is 0 Å². The number of nitrogen functional groups attached to an aromatic ring is 1. The number of carbonyl (C=O) groups excluding carboxylic acids is 1. The number of aromatic nitrogens is 5. The van der Waals surface area contributed by atoms with Crippen LogP contribution in [0.1, 0.15) is 10.5 Å². The number of benzene rings is 1. The zero-order chi connectivity index (χ0) is 14.7. The van der Waals surface area contributed by atoms with Gasteiger partial charge in [0.25, 0.3) is 5.91 Å². The molecule has 3 rings (SSSR count). The lowest BCUT2D eigenvalue weighted by Crippen LogP contribution is -2.16. The van der Waals surface area contributed by atoms with Crippen molar-refractivity contribution in [3.63, 3.8) is 0 Å². The second-order valence-electron chi connectivity index (χ2n) is 4.18. The van der Waals surface area contributed by atoms with E-state index < -0.39 is 5.91 Å². The maximum atomic E-state index is 12.1. The molecule has 3 aromatic rings. The lowest BCUT2D eigenvalue weighted by molar-refractivity contribution is 0.102. The first-order valence-electron chi connectivity index (χ1n) is 6.08. The molecule has 4 N–H and O–H groups in total. The zero-order valence-electron chi connectivity index (χ0n) is 10.8. The molecule has 21 heavy (non-hydrogen) atoms. The Labute approximate surface area is 119 Å². The Balaban J connectivity index is 1.84. The molecule has 0 aliphatic heterocycles. The number of hydrogen-bond acceptors (Lipinski definition) is 6. The van der Waals surface area contributed by atoms with Gasteiger partial charge in [0.2, 0.25) is 0 Å². The van der Waals surface area contributed by atoms with Gasteiger partial charge < -0.3 is 11.1 Å². The summed E-state index contributed by atoms with van der Waals surface area (Å²) < 4.78 is 0. The summed E-state index contributed by atoms with van der Waals surface area (Å²) in [7, 11) is 0. The van der Waals surface area contributed by atoms with Crippen molar-refractivity contribution >= 4 is 17.4 Å². The van der Waals surface area contributed by atoms with Crippen molar-refractivity contribution in [2.24, 2.45) is 0 Å². The first kappa shape index (κ1) is 12.7. The lowest BCUT2D eigenvalue weighted by Gasteiger charge is -2.07. The summed E-state index contributed by atoms with van der Waals surface area (Å²) in [5.74, 6) is -0.333. The Morgan fingerprint density at radius 1 is 1.24 bits per heavy atom. The van der Waals surface area contributed by atoms with Gasteiger partial charge in [0.15, 0.2) is 11.5 Å². The SMILES string of the molecule is Nc1nccnc1C(=O)Nc1cccc(-c2cn[nH]n2)c1. The Bertz CT molecular complexity index is 770. The predicted molar refractivity (Wildman–Crippen MR) is 76.2 cm³/mol. The molecule has 0 atom stereocenters. The van der Waals surface area contributed by atoms with Crippen molar-refractivity contribution in [2.45, 2.75) is 0 Å². The van der Waals surface area contributed by atoms with Gasteiger partial charge in [0, 0.05) is 23.6 Å². The van der Waals surface area contributed by atoms with Crippen molar-refractivity contribution in [3.05, 3.63) is 48.5 Å². The van der Waals surface area contributed by atoms with Crippen molar-refractivity contribution in [1.29, 1.82) is 0 Å². The molecule has 0 unspecified atom stereocenters. The monoisotopic (exact) mass is 281 g/mol. The number of amides is 1. The molecule has 2 aromatic heterocycles. The second-order valence-corrected chi connectivity index (χ2v) is 4.18. The molecule has 0 saturated heterocycles. The van der Waals surface area contributed by atoms with E-state index in [1.807, 2.05) is 6.07 Å². The lowest BCUT2D eigenvalue weighted by atomic mass is 10.1. The highest BCUT2D eigenvalue weighted by molar-refractivity contribution is 6.05. The third-order valence-corrected chi connectivity index (χ3v) is 2.77. The number of carbonyl (C=O) groups is 1. The van der Waals surface area contributed by atoms with E-state index in [9.17, 15) is 4.79 Å². The van der Waals surface area contributed by atoms with Crippen LogP contribution in [0.15, 0.2) is 42.9 Å². The largest absolute Gasteiger partial charge is 0.382 e. The smallest absolute Gasteiger partial charge is 0.278 e. The fourth-order valence-corrected chi connectivity index (χ4v) is 1.81. The number of nitrogens with one attached hydrogen (secondary N) is 2. The molecule has 8 heteroatoms. The van der Waals surface area contributed by atoms with Crippen molar-refractivity contribution in [2.75, 3.05) is 11.1 Å². The van der Waals surface area contributed by atoms with E-state index in [-0.39, 0.29) is 11.5 Å². The van der Waals surface area contributed by atoms with E-state index in [2.05, 4.69) is 30.7 Å². The summed E-state index contributed by atoms with van der Waals surface area (Å²) >= 11 is 0. The van der Waals surface area contributed by atoms with Crippen LogP contribution in [0.3, 0.4) is 0 Å². The van der Waals surface area contributed by atoms with Crippen LogP contribution in [0.25, 0.3) is 11.3 Å². The molecule has 0 aliphatic carbocycles. The molecule has 0 spiro atoms. The highest BCUT2D eigenvalue weighted by Crippen LogP contribution is 2.20. The van der Waals surface area contributed by atoms with E-state index >= 15 is 0 Å².